The molecule has 0 bridgehead atoms. The average molecular weight is 301 g/mol. The number of hydrogen-bond acceptors (Lipinski definition) is 5. The molecule has 0 saturated carbocycles. The first-order chi connectivity index (χ1) is 9.49. The third kappa shape index (κ3) is 5.44. The number of methoxy groups -OCH3 is 1. The fourth-order valence-corrected chi connectivity index (χ4v) is 2.83. The van der Waals surface area contributed by atoms with Crippen LogP contribution in [0.1, 0.15) is 18.9 Å². The number of nitrogens with zero attached hydrogens (tertiary/aromatic N) is 2. The maximum atomic E-state index is 11.4. The second kappa shape index (κ2) is 8.18. The molecule has 1 rings (SSSR count). The van der Waals surface area contributed by atoms with E-state index < -0.39 is 10.0 Å². The van der Waals surface area contributed by atoms with Crippen molar-refractivity contribution in [3.63, 3.8) is 0 Å². The first-order valence-electron chi connectivity index (χ1n) is 6.62. The van der Waals surface area contributed by atoms with E-state index in [9.17, 15) is 8.42 Å². The molecule has 0 unspecified atom stereocenters. The summed E-state index contributed by atoms with van der Waals surface area (Å²) in [6.07, 6.45) is 3.70. The summed E-state index contributed by atoms with van der Waals surface area (Å²) in [4.78, 5) is 4.12. The topological polar surface area (TPSA) is 71.5 Å². The normalized spacial score (nSPS) is 11.8. The zero-order valence-corrected chi connectivity index (χ0v) is 13.1. The summed E-state index contributed by atoms with van der Waals surface area (Å²) in [5.41, 5.74) is 0.991. The molecule has 114 valence electrons. The van der Waals surface area contributed by atoms with Crippen molar-refractivity contribution in [1.82, 2.24) is 14.6 Å². The Labute approximate surface area is 121 Å². The van der Waals surface area contributed by atoms with Crippen molar-refractivity contribution in [3.8, 4) is 5.88 Å². The molecule has 0 radical (unpaired) electrons. The van der Waals surface area contributed by atoms with E-state index in [1.54, 1.807) is 13.3 Å². The molecule has 1 heterocycles. The molecule has 1 aromatic rings. The standard InChI is InChI=1S/C13H23N3O3S/c1-4-16(20(3,17)18)10-6-8-14-11-12-7-5-9-15-13(12)19-2/h5,7,9,14H,4,6,8,10-11H2,1-3H3. The van der Waals surface area contributed by atoms with Gasteiger partial charge in [-0.3, -0.25) is 0 Å². The lowest BCUT2D eigenvalue weighted by molar-refractivity contribution is 0.389. The van der Waals surface area contributed by atoms with Gasteiger partial charge in [-0.15, -0.1) is 0 Å². The maximum Gasteiger partial charge on any atom is 0.217 e. The Hall–Kier alpha value is -1.18. The predicted octanol–water partition coefficient (Wildman–Crippen LogP) is 0.851. The summed E-state index contributed by atoms with van der Waals surface area (Å²) >= 11 is 0. The van der Waals surface area contributed by atoms with E-state index in [0.29, 0.717) is 25.5 Å². The van der Waals surface area contributed by atoms with E-state index in [1.807, 2.05) is 19.1 Å². The lowest BCUT2D eigenvalue weighted by atomic mass is 10.2. The lowest BCUT2D eigenvalue weighted by Crippen LogP contribution is -2.32. The van der Waals surface area contributed by atoms with E-state index >= 15 is 0 Å². The molecule has 0 amide bonds. The summed E-state index contributed by atoms with van der Waals surface area (Å²) in [5.74, 6) is 0.617. The molecule has 0 atom stereocenters. The SMILES string of the molecule is CCN(CCCNCc1cccnc1OC)S(C)(=O)=O. The number of sulfonamides is 1. The molecule has 1 aromatic heterocycles. The van der Waals surface area contributed by atoms with E-state index in [-0.39, 0.29) is 0 Å². The van der Waals surface area contributed by atoms with Crippen LogP contribution >= 0.6 is 0 Å². The smallest absolute Gasteiger partial charge is 0.217 e. The highest BCUT2D eigenvalue weighted by Crippen LogP contribution is 2.12. The van der Waals surface area contributed by atoms with Crippen LogP contribution in [-0.2, 0) is 16.6 Å². The zero-order chi connectivity index (χ0) is 15.0. The minimum absolute atomic E-state index is 0.509. The van der Waals surface area contributed by atoms with Crippen LogP contribution < -0.4 is 10.1 Å². The number of hydrogen-bond donors (Lipinski definition) is 1. The third-order valence-electron chi connectivity index (χ3n) is 2.94. The Morgan fingerprint density at radius 2 is 2.20 bits per heavy atom. The van der Waals surface area contributed by atoms with Gasteiger partial charge in [0.1, 0.15) is 0 Å². The van der Waals surface area contributed by atoms with Crippen molar-refractivity contribution < 1.29 is 13.2 Å². The molecular formula is C13H23N3O3S. The molecular weight excluding hydrogens is 278 g/mol. The van der Waals surface area contributed by atoms with Crippen LogP contribution in [0.3, 0.4) is 0 Å². The van der Waals surface area contributed by atoms with E-state index in [0.717, 1.165) is 18.5 Å². The average Bonchev–Trinajstić information content (AvgIpc) is 2.41. The Morgan fingerprint density at radius 3 is 2.80 bits per heavy atom. The molecule has 0 aliphatic carbocycles. The summed E-state index contributed by atoms with van der Waals surface area (Å²) in [6, 6.07) is 3.82. The molecule has 0 aliphatic heterocycles. The Kier molecular flexibility index (Phi) is 6.90. The number of rotatable bonds is 9. The van der Waals surface area contributed by atoms with Crippen LogP contribution in [0.5, 0.6) is 5.88 Å². The summed E-state index contributed by atoms with van der Waals surface area (Å²) in [6.45, 7) is 4.28. The van der Waals surface area contributed by atoms with Gasteiger partial charge in [-0.25, -0.2) is 17.7 Å². The summed E-state index contributed by atoms with van der Waals surface area (Å²) in [5, 5.41) is 3.27. The van der Waals surface area contributed by atoms with Gasteiger partial charge in [0, 0.05) is 31.4 Å². The summed E-state index contributed by atoms with van der Waals surface area (Å²) in [7, 11) is -1.50. The van der Waals surface area contributed by atoms with Crippen molar-refractivity contribution >= 4 is 10.0 Å². The summed E-state index contributed by atoms with van der Waals surface area (Å²) < 4.78 is 29.5. The van der Waals surface area contributed by atoms with Gasteiger partial charge >= 0.3 is 0 Å². The largest absolute Gasteiger partial charge is 0.481 e. The van der Waals surface area contributed by atoms with E-state index in [4.69, 9.17) is 4.74 Å². The van der Waals surface area contributed by atoms with Gasteiger partial charge in [-0.1, -0.05) is 13.0 Å². The number of nitrogens with one attached hydrogen (secondary N) is 1. The van der Waals surface area contributed by atoms with Crippen molar-refractivity contribution in [2.45, 2.75) is 19.9 Å². The van der Waals surface area contributed by atoms with Gasteiger partial charge < -0.3 is 10.1 Å². The predicted molar refractivity (Wildman–Crippen MR) is 79.2 cm³/mol. The van der Waals surface area contributed by atoms with Gasteiger partial charge in [0.15, 0.2) is 0 Å². The van der Waals surface area contributed by atoms with Crippen LogP contribution in [0.15, 0.2) is 18.3 Å². The molecule has 0 aromatic carbocycles. The van der Waals surface area contributed by atoms with Crippen LogP contribution in [0.25, 0.3) is 0 Å². The fraction of sp³-hybridized carbons (Fsp3) is 0.615. The minimum atomic E-state index is -3.09. The van der Waals surface area contributed by atoms with E-state index in [1.165, 1.54) is 10.6 Å². The van der Waals surface area contributed by atoms with Gasteiger partial charge in [0.25, 0.3) is 0 Å². The van der Waals surface area contributed by atoms with Crippen LogP contribution in [-0.4, -0.2) is 50.7 Å². The molecule has 6 nitrogen and oxygen atoms in total. The van der Waals surface area contributed by atoms with Gasteiger partial charge in [-0.05, 0) is 19.0 Å². The monoisotopic (exact) mass is 301 g/mol. The van der Waals surface area contributed by atoms with Crippen LogP contribution in [0.4, 0.5) is 0 Å². The maximum absolute atomic E-state index is 11.4. The molecule has 0 fully saturated rings. The highest BCUT2D eigenvalue weighted by Gasteiger charge is 2.13. The fourth-order valence-electron chi connectivity index (χ4n) is 1.90. The van der Waals surface area contributed by atoms with Crippen LogP contribution in [0.2, 0.25) is 0 Å². The molecule has 20 heavy (non-hydrogen) atoms. The van der Waals surface area contributed by atoms with Crippen molar-refractivity contribution in [3.05, 3.63) is 23.9 Å². The first kappa shape index (κ1) is 16.9. The zero-order valence-electron chi connectivity index (χ0n) is 12.3. The Balaban J connectivity index is 2.32. The van der Waals surface area contributed by atoms with Gasteiger partial charge in [-0.2, -0.15) is 0 Å². The number of pyridine rings is 1. The molecule has 0 spiro atoms. The first-order valence-corrected chi connectivity index (χ1v) is 8.47. The number of ether oxygens (including phenoxy) is 1. The van der Waals surface area contributed by atoms with Crippen molar-refractivity contribution in [2.75, 3.05) is 33.0 Å². The van der Waals surface area contributed by atoms with Crippen molar-refractivity contribution in [1.29, 1.82) is 0 Å². The third-order valence-corrected chi connectivity index (χ3v) is 4.32. The molecule has 7 heteroatoms. The second-order valence-corrected chi connectivity index (χ2v) is 6.44. The second-order valence-electron chi connectivity index (χ2n) is 4.46. The lowest BCUT2D eigenvalue weighted by Gasteiger charge is -2.17. The minimum Gasteiger partial charge on any atom is -0.481 e. The van der Waals surface area contributed by atoms with E-state index in [2.05, 4.69) is 10.3 Å². The van der Waals surface area contributed by atoms with Gasteiger partial charge in [0.2, 0.25) is 15.9 Å². The Morgan fingerprint density at radius 1 is 1.45 bits per heavy atom. The highest BCUT2D eigenvalue weighted by molar-refractivity contribution is 7.88. The molecule has 0 aliphatic rings. The Bertz CT molecular complexity index is 505. The molecule has 1 N–H and O–H groups in total. The highest BCUT2D eigenvalue weighted by atomic mass is 32.2. The number of aromatic nitrogens is 1. The van der Waals surface area contributed by atoms with Crippen molar-refractivity contribution in [2.24, 2.45) is 0 Å². The molecule has 0 saturated heterocycles. The van der Waals surface area contributed by atoms with Crippen LogP contribution in [0, 0.1) is 0 Å². The quantitative estimate of drug-likeness (QED) is 0.685. The van der Waals surface area contributed by atoms with Gasteiger partial charge in [0.05, 0.1) is 13.4 Å².